The van der Waals surface area contributed by atoms with Crippen molar-refractivity contribution in [3.8, 4) is 0 Å². The molecule has 4 heteroatoms. The summed E-state index contributed by atoms with van der Waals surface area (Å²) in [4.78, 5) is 21.2. The minimum Gasteiger partial charge on any atom is -0.335 e. The lowest BCUT2D eigenvalue weighted by Crippen LogP contribution is -2.27. The van der Waals surface area contributed by atoms with Crippen LogP contribution in [0.25, 0.3) is 0 Å². The number of aliphatic imine (C=N–C) groups is 2. The molecule has 0 aromatic rings. The summed E-state index contributed by atoms with van der Waals surface area (Å²) < 4.78 is 0. The van der Waals surface area contributed by atoms with Crippen LogP contribution in [0.2, 0.25) is 0 Å². The fourth-order valence-corrected chi connectivity index (χ4v) is 1.49. The third kappa shape index (κ3) is 1.24. The van der Waals surface area contributed by atoms with E-state index in [4.69, 9.17) is 0 Å². The van der Waals surface area contributed by atoms with Gasteiger partial charge >= 0.3 is 0 Å². The molecule has 4 nitrogen and oxygen atoms in total. The van der Waals surface area contributed by atoms with Crippen LogP contribution in [0.1, 0.15) is 19.8 Å². The third-order valence-electron chi connectivity index (χ3n) is 2.04. The van der Waals surface area contributed by atoms with Gasteiger partial charge in [0.15, 0.2) is 0 Å². The average Bonchev–Trinajstić information content (AvgIpc) is 2.23. The number of amides is 1. The zero-order valence-corrected chi connectivity index (χ0v) is 7.08. The molecule has 12 heavy (non-hydrogen) atoms. The Bertz CT molecular complexity index is 280. The molecule has 0 saturated heterocycles. The predicted octanol–water partition coefficient (Wildman–Crippen LogP) is 0.439. The second-order valence-electron chi connectivity index (χ2n) is 3.18. The average molecular weight is 165 g/mol. The minimum atomic E-state index is -0.0362. The second-order valence-corrected chi connectivity index (χ2v) is 3.18. The maximum Gasteiger partial charge on any atom is 0.249 e. The first-order chi connectivity index (χ1) is 5.75. The van der Waals surface area contributed by atoms with Gasteiger partial charge in [0, 0.05) is 18.7 Å². The van der Waals surface area contributed by atoms with Gasteiger partial charge in [0.05, 0.1) is 6.54 Å². The predicted molar refractivity (Wildman–Crippen MR) is 46.4 cm³/mol. The van der Waals surface area contributed by atoms with E-state index in [2.05, 4.69) is 14.9 Å². The van der Waals surface area contributed by atoms with Crippen molar-refractivity contribution in [2.75, 3.05) is 13.1 Å². The Morgan fingerprint density at radius 3 is 3.08 bits per heavy atom. The van der Waals surface area contributed by atoms with E-state index in [1.165, 1.54) is 0 Å². The Hall–Kier alpha value is -1.19. The first-order valence-electron chi connectivity index (χ1n) is 4.16. The first kappa shape index (κ1) is 7.46. The molecule has 0 N–H and O–H groups in total. The number of hydrogen-bond donors (Lipinski definition) is 0. The van der Waals surface area contributed by atoms with Gasteiger partial charge in [-0.2, -0.15) is 4.99 Å². The van der Waals surface area contributed by atoms with Gasteiger partial charge in [-0.25, -0.2) is 4.99 Å². The first-order valence-corrected chi connectivity index (χ1v) is 4.16. The molecule has 64 valence electrons. The van der Waals surface area contributed by atoms with Gasteiger partial charge in [0.25, 0.3) is 0 Å². The lowest BCUT2D eigenvalue weighted by atomic mass is 10.3. The second kappa shape index (κ2) is 2.69. The molecule has 0 unspecified atom stereocenters. The molecule has 2 rings (SSSR count). The van der Waals surface area contributed by atoms with Crippen LogP contribution in [0.5, 0.6) is 0 Å². The van der Waals surface area contributed by atoms with Gasteiger partial charge in [-0.05, 0) is 13.3 Å². The van der Waals surface area contributed by atoms with Crippen LogP contribution in [0.15, 0.2) is 9.98 Å². The van der Waals surface area contributed by atoms with Gasteiger partial charge in [0.2, 0.25) is 11.9 Å². The van der Waals surface area contributed by atoms with Crippen molar-refractivity contribution in [3.05, 3.63) is 0 Å². The van der Waals surface area contributed by atoms with Crippen molar-refractivity contribution in [1.29, 1.82) is 0 Å². The molecule has 0 saturated carbocycles. The largest absolute Gasteiger partial charge is 0.335 e. The number of carbonyl (C=O) groups excluding carboxylic acids is 1. The summed E-state index contributed by atoms with van der Waals surface area (Å²) in [6, 6.07) is 0. The van der Waals surface area contributed by atoms with Crippen LogP contribution < -0.4 is 0 Å². The summed E-state index contributed by atoms with van der Waals surface area (Å²) >= 11 is 0. The topological polar surface area (TPSA) is 45.0 Å². The zero-order valence-electron chi connectivity index (χ0n) is 7.08. The quantitative estimate of drug-likeness (QED) is 0.522. The number of rotatable bonds is 0. The molecule has 0 atom stereocenters. The highest BCUT2D eigenvalue weighted by molar-refractivity contribution is 6.07. The van der Waals surface area contributed by atoms with Crippen LogP contribution in [0.3, 0.4) is 0 Å². The molecule has 0 radical (unpaired) electrons. The Morgan fingerprint density at radius 2 is 2.25 bits per heavy atom. The van der Waals surface area contributed by atoms with E-state index < -0.39 is 0 Å². The molecule has 0 aromatic carbocycles. The van der Waals surface area contributed by atoms with Crippen molar-refractivity contribution in [1.82, 2.24) is 4.90 Å². The summed E-state index contributed by atoms with van der Waals surface area (Å²) in [7, 11) is 0. The molecule has 0 bridgehead atoms. The summed E-state index contributed by atoms with van der Waals surface area (Å²) in [6.45, 7) is 3.71. The lowest BCUT2D eigenvalue weighted by molar-refractivity contribution is -0.117. The Morgan fingerprint density at radius 1 is 1.42 bits per heavy atom. The molecule has 2 aliphatic heterocycles. The summed E-state index contributed by atoms with van der Waals surface area (Å²) in [6.07, 6.45) is 1.46. The highest BCUT2D eigenvalue weighted by atomic mass is 16.1. The van der Waals surface area contributed by atoms with Gasteiger partial charge < -0.3 is 4.90 Å². The van der Waals surface area contributed by atoms with Crippen LogP contribution in [-0.2, 0) is 4.79 Å². The van der Waals surface area contributed by atoms with Crippen LogP contribution in [0, 0.1) is 0 Å². The number of hydrogen-bond acceptors (Lipinski definition) is 3. The van der Waals surface area contributed by atoms with Crippen molar-refractivity contribution in [3.63, 3.8) is 0 Å². The maximum absolute atomic E-state index is 11.0. The van der Waals surface area contributed by atoms with Gasteiger partial charge in [-0.1, -0.05) is 0 Å². The van der Waals surface area contributed by atoms with E-state index in [0.29, 0.717) is 12.4 Å². The van der Waals surface area contributed by atoms with Gasteiger partial charge in [-0.15, -0.1) is 0 Å². The molecule has 2 aliphatic rings. The molecule has 2 heterocycles. The van der Waals surface area contributed by atoms with E-state index in [-0.39, 0.29) is 5.91 Å². The Labute approximate surface area is 71.0 Å². The molecule has 0 aromatic heterocycles. The normalized spacial score (nSPS) is 23.1. The van der Waals surface area contributed by atoms with Crippen molar-refractivity contribution >= 4 is 17.6 Å². The summed E-state index contributed by atoms with van der Waals surface area (Å²) in [5.41, 5.74) is 1.04. The summed E-state index contributed by atoms with van der Waals surface area (Å²) in [5, 5.41) is 0. The zero-order chi connectivity index (χ0) is 8.55. The maximum atomic E-state index is 11.0. The lowest BCUT2D eigenvalue weighted by Gasteiger charge is -2.13. The fraction of sp³-hybridized carbons (Fsp3) is 0.625. The van der Waals surface area contributed by atoms with E-state index in [9.17, 15) is 4.79 Å². The number of fused-ring (bicyclic) bond motifs is 1. The molecule has 0 fully saturated rings. The number of carbonyl (C=O) groups is 1. The monoisotopic (exact) mass is 165 g/mol. The summed E-state index contributed by atoms with van der Waals surface area (Å²) in [5.74, 6) is 0.584. The van der Waals surface area contributed by atoms with Crippen molar-refractivity contribution in [2.45, 2.75) is 19.8 Å². The van der Waals surface area contributed by atoms with Gasteiger partial charge in [-0.3, -0.25) is 4.79 Å². The van der Waals surface area contributed by atoms with E-state index in [0.717, 1.165) is 25.2 Å². The molecule has 0 spiro atoms. The standard InChI is InChI=1S/C8H11N3O/c1-6-5-11-4-2-3-7(12)10-8(11)9-6/h2-5H2,1H3. The molecular formula is C8H11N3O. The van der Waals surface area contributed by atoms with Crippen LogP contribution in [0.4, 0.5) is 0 Å². The van der Waals surface area contributed by atoms with E-state index >= 15 is 0 Å². The minimum absolute atomic E-state index is 0.0362. The Balaban J connectivity index is 2.28. The number of guanidine groups is 1. The molecule has 0 aliphatic carbocycles. The smallest absolute Gasteiger partial charge is 0.249 e. The third-order valence-corrected chi connectivity index (χ3v) is 2.04. The SMILES string of the molecule is CC1=NC2=NC(=O)CCCN2C1. The van der Waals surface area contributed by atoms with E-state index in [1.807, 2.05) is 6.92 Å². The van der Waals surface area contributed by atoms with Crippen LogP contribution in [-0.4, -0.2) is 35.6 Å². The van der Waals surface area contributed by atoms with Crippen LogP contribution >= 0.6 is 0 Å². The van der Waals surface area contributed by atoms with Crippen molar-refractivity contribution in [2.24, 2.45) is 9.98 Å². The van der Waals surface area contributed by atoms with Gasteiger partial charge in [0.1, 0.15) is 0 Å². The van der Waals surface area contributed by atoms with Crippen molar-refractivity contribution < 1.29 is 4.79 Å². The highest BCUT2D eigenvalue weighted by Crippen LogP contribution is 2.11. The Kier molecular flexibility index (Phi) is 1.67. The molecular weight excluding hydrogens is 154 g/mol. The molecule has 1 amide bonds. The number of nitrogens with zero attached hydrogens (tertiary/aromatic N) is 3. The fourth-order valence-electron chi connectivity index (χ4n) is 1.49. The van der Waals surface area contributed by atoms with E-state index in [1.54, 1.807) is 0 Å². The highest BCUT2D eigenvalue weighted by Gasteiger charge is 2.22.